The summed E-state index contributed by atoms with van der Waals surface area (Å²) in [6, 6.07) is 4.81. The van der Waals surface area contributed by atoms with E-state index >= 15 is 0 Å². The van der Waals surface area contributed by atoms with Gasteiger partial charge in [-0.1, -0.05) is 0 Å². The summed E-state index contributed by atoms with van der Waals surface area (Å²) in [4.78, 5) is 35.7. The van der Waals surface area contributed by atoms with Crippen molar-refractivity contribution in [1.29, 1.82) is 0 Å². The van der Waals surface area contributed by atoms with Crippen LogP contribution in [0, 0.1) is 6.92 Å². The van der Waals surface area contributed by atoms with Gasteiger partial charge in [0.05, 0.1) is 16.1 Å². The Morgan fingerprint density at radius 3 is 2.61 bits per heavy atom. The molecular formula is C15H14N2O5S. The minimum absolute atomic E-state index is 0.171. The number of furan rings is 1. The van der Waals surface area contributed by atoms with Crippen LogP contribution in [-0.4, -0.2) is 28.4 Å². The Hall–Kier alpha value is -2.61. The maximum Gasteiger partial charge on any atom is 0.329 e. The number of thiophene rings is 1. The lowest BCUT2D eigenvalue weighted by Crippen LogP contribution is -2.42. The predicted octanol–water partition coefficient (Wildman–Crippen LogP) is 2.25. The molecule has 1 saturated carbocycles. The zero-order valence-corrected chi connectivity index (χ0v) is 13.0. The second-order valence-corrected chi connectivity index (χ2v) is 6.45. The summed E-state index contributed by atoms with van der Waals surface area (Å²) in [6.45, 7) is 1.73. The van der Waals surface area contributed by atoms with Crippen LogP contribution in [0.5, 0.6) is 0 Å². The number of hydrogen-bond acceptors (Lipinski definition) is 5. The molecule has 2 aromatic heterocycles. The normalized spacial score (nSPS) is 15.0. The smallest absolute Gasteiger partial charge is 0.329 e. The van der Waals surface area contributed by atoms with Crippen LogP contribution >= 0.6 is 11.3 Å². The minimum Gasteiger partial charge on any atom is -0.480 e. The number of anilines is 1. The lowest BCUT2D eigenvalue weighted by atomic mass is 10.2. The van der Waals surface area contributed by atoms with Gasteiger partial charge in [-0.25, -0.2) is 4.79 Å². The summed E-state index contributed by atoms with van der Waals surface area (Å²) in [5.41, 5.74) is -0.464. The molecule has 0 bridgehead atoms. The molecule has 0 unspecified atom stereocenters. The zero-order chi connectivity index (χ0) is 16.6. The molecule has 3 N–H and O–H groups in total. The summed E-state index contributed by atoms with van der Waals surface area (Å²) < 4.78 is 5.00. The lowest BCUT2D eigenvalue weighted by Gasteiger charge is -2.11. The van der Waals surface area contributed by atoms with Gasteiger partial charge in [-0.15, -0.1) is 11.3 Å². The largest absolute Gasteiger partial charge is 0.480 e. The average Bonchev–Trinajstić information content (AvgIpc) is 2.94. The Morgan fingerprint density at radius 1 is 1.30 bits per heavy atom. The molecule has 7 nitrogen and oxygen atoms in total. The Bertz CT molecular complexity index is 774. The highest BCUT2D eigenvalue weighted by Gasteiger charge is 2.51. The molecule has 23 heavy (non-hydrogen) atoms. The van der Waals surface area contributed by atoms with Gasteiger partial charge in [0.2, 0.25) is 0 Å². The molecule has 0 atom stereocenters. The minimum atomic E-state index is -1.13. The molecule has 0 radical (unpaired) electrons. The SMILES string of the molecule is Cc1cc(NC(=O)c2ccco2)sc1C(=O)NC1(C(=O)O)CC1. The Kier molecular flexibility index (Phi) is 3.69. The van der Waals surface area contributed by atoms with Crippen molar-refractivity contribution in [2.75, 3.05) is 5.32 Å². The molecule has 8 heteroatoms. The third kappa shape index (κ3) is 2.98. The number of rotatable bonds is 5. The number of carboxylic acid groups (broad SMARTS) is 1. The van der Waals surface area contributed by atoms with E-state index in [2.05, 4.69) is 10.6 Å². The van der Waals surface area contributed by atoms with E-state index in [1.54, 1.807) is 19.1 Å². The van der Waals surface area contributed by atoms with Crippen LogP contribution in [0.15, 0.2) is 28.9 Å². The topological polar surface area (TPSA) is 109 Å². The molecule has 0 saturated heterocycles. The van der Waals surface area contributed by atoms with Gasteiger partial charge in [-0.2, -0.15) is 0 Å². The van der Waals surface area contributed by atoms with Gasteiger partial charge in [-0.3, -0.25) is 9.59 Å². The van der Waals surface area contributed by atoms with Crippen molar-refractivity contribution in [2.24, 2.45) is 0 Å². The van der Waals surface area contributed by atoms with Crippen molar-refractivity contribution in [3.63, 3.8) is 0 Å². The molecule has 1 fully saturated rings. The Morgan fingerprint density at radius 2 is 2.04 bits per heavy atom. The van der Waals surface area contributed by atoms with Crippen LogP contribution in [-0.2, 0) is 4.79 Å². The first-order chi connectivity index (χ1) is 10.9. The number of aliphatic carboxylic acids is 1. The zero-order valence-electron chi connectivity index (χ0n) is 12.2. The van der Waals surface area contributed by atoms with Gasteiger partial charge in [0.1, 0.15) is 5.54 Å². The molecule has 1 aliphatic carbocycles. The van der Waals surface area contributed by atoms with Crippen molar-refractivity contribution < 1.29 is 23.9 Å². The average molecular weight is 334 g/mol. The summed E-state index contributed by atoms with van der Waals surface area (Å²) in [6.07, 6.45) is 2.26. The highest BCUT2D eigenvalue weighted by molar-refractivity contribution is 7.18. The van der Waals surface area contributed by atoms with E-state index in [9.17, 15) is 14.4 Å². The van der Waals surface area contributed by atoms with E-state index in [0.717, 1.165) is 11.3 Å². The first-order valence-corrected chi connectivity index (χ1v) is 7.74. The fourth-order valence-corrected chi connectivity index (χ4v) is 3.10. The Labute approximate surface area is 135 Å². The van der Waals surface area contributed by atoms with Gasteiger partial charge >= 0.3 is 5.97 Å². The quantitative estimate of drug-likeness (QED) is 0.777. The van der Waals surface area contributed by atoms with Gasteiger partial charge in [0, 0.05) is 0 Å². The number of aryl methyl sites for hydroxylation is 1. The van der Waals surface area contributed by atoms with Gasteiger partial charge in [0.25, 0.3) is 11.8 Å². The van der Waals surface area contributed by atoms with Gasteiger partial charge < -0.3 is 20.2 Å². The number of hydrogen-bond donors (Lipinski definition) is 3. The molecule has 3 rings (SSSR count). The first kappa shape index (κ1) is 15.3. The maximum absolute atomic E-state index is 12.3. The Balaban J connectivity index is 1.72. The van der Waals surface area contributed by atoms with Crippen molar-refractivity contribution in [2.45, 2.75) is 25.3 Å². The lowest BCUT2D eigenvalue weighted by molar-refractivity contribution is -0.140. The highest BCUT2D eigenvalue weighted by Crippen LogP contribution is 2.37. The fourth-order valence-electron chi connectivity index (χ4n) is 2.14. The van der Waals surface area contributed by atoms with E-state index < -0.39 is 23.3 Å². The summed E-state index contributed by atoms with van der Waals surface area (Å²) >= 11 is 1.09. The predicted molar refractivity (Wildman–Crippen MR) is 82.8 cm³/mol. The van der Waals surface area contributed by atoms with Gasteiger partial charge in [0.15, 0.2) is 5.76 Å². The monoisotopic (exact) mass is 334 g/mol. The number of nitrogens with one attached hydrogen (secondary N) is 2. The molecule has 2 amide bonds. The van der Waals surface area contributed by atoms with Crippen molar-refractivity contribution in [3.8, 4) is 0 Å². The van der Waals surface area contributed by atoms with Crippen LogP contribution in [0.25, 0.3) is 0 Å². The summed E-state index contributed by atoms with van der Waals surface area (Å²) in [5.74, 6) is -1.70. The fraction of sp³-hybridized carbons (Fsp3) is 0.267. The van der Waals surface area contributed by atoms with Crippen LogP contribution in [0.2, 0.25) is 0 Å². The van der Waals surface area contributed by atoms with E-state index in [1.807, 2.05) is 0 Å². The van der Waals surface area contributed by atoms with Crippen molar-refractivity contribution in [3.05, 3.63) is 40.7 Å². The molecule has 0 aromatic carbocycles. The molecule has 120 valence electrons. The molecule has 2 heterocycles. The molecule has 0 spiro atoms. The standard InChI is InChI=1S/C15H14N2O5S/c1-8-7-10(16-12(18)9-3-2-6-22-9)23-11(8)13(19)17-15(4-5-15)14(20)21/h2-3,6-7H,4-5H2,1H3,(H,16,18)(H,17,19)(H,20,21). The van der Waals surface area contributed by atoms with Crippen LogP contribution in [0.4, 0.5) is 5.00 Å². The van der Waals surface area contributed by atoms with Crippen LogP contribution in [0.1, 0.15) is 38.6 Å². The highest BCUT2D eigenvalue weighted by atomic mass is 32.1. The number of amides is 2. The summed E-state index contributed by atoms with van der Waals surface area (Å²) in [5, 5.41) is 14.8. The number of carbonyl (C=O) groups excluding carboxylic acids is 2. The van der Waals surface area contributed by atoms with Crippen LogP contribution in [0.3, 0.4) is 0 Å². The first-order valence-electron chi connectivity index (χ1n) is 6.92. The van der Waals surface area contributed by atoms with E-state index in [4.69, 9.17) is 9.52 Å². The third-order valence-electron chi connectivity index (χ3n) is 3.62. The summed E-state index contributed by atoms with van der Waals surface area (Å²) in [7, 11) is 0. The molecule has 2 aromatic rings. The number of carboxylic acids is 1. The molecular weight excluding hydrogens is 320 g/mol. The molecule has 1 aliphatic rings. The second-order valence-electron chi connectivity index (χ2n) is 5.40. The van der Waals surface area contributed by atoms with Crippen molar-refractivity contribution in [1.82, 2.24) is 5.32 Å². The molecule has 0 aliphatic heterocycles. The number of carbonyl (C=O) groups is 3. The maximum atomic E-state index is 12.3. The van der Waals surface area contributed by atoms with Crippen LogP contribution < -0.4 is 10.6 Å². The van der Waals surface area contributed by atoms with Crippen molar-refractivity contribution >= 4 is 34.1 Å². The van der Waals surface area contributed by atoms with E-state index in [1.165, 1.54) is 12.3 Å². The second kappa shape index (κ2) is 5.54. The third-order valence-corrected chi connectivity index (χ3v) is 4.77. The van der Waals surface area contributed by atoms with E-state index in [-0.39, 0.29) is 5.76 Å². The van der Waals surface area contributed by atoms with E-state index in [0.29, 0.717) is 28.3 Å². The van der Waals surface area contributed by atoms with Gasteiger partial charge in [-0.05, 0) is 43.5 Å².